The summed E-state index contributed by atoms with van der Waals surface area (Å²) < 4.78 is 6.78. The summed E-state index contributed by atoms with van der Waals surface area (Å²) in [6.07, 6.45) is 1.71. The van der Waals surface area contributed by atoms with Crippen molar-refractivity contribution in [2.24, 2.45) is 12.8 Å². The van der Waals surface area contributed by atoms with Gasteiger partial charge in [0.15, 0.2) is 12.4 Å². The van der Waals surface area contributed by atoms with Crippen LogP contribution in [0.3, 0.4) is 0 Å². The molecule has 7 nitrogen and oxygen atoms in total. The van der Waals surface area contributed by atoms with Crippen LogP contribution < -0.4 is 15.8 Å². The van der Waals surface area contributed by atoms with E-state index in [-0.39, 0.29) is 12.5 Å². The van der Waals surface area contributed by atoms with Crippen LogP contribution in [0, 0.1) is 0 Å². The number of aryl methyl sites for hydroxylation is 1. The summed E-state index contributed by atoms with van der Waals surface area (Å²) in [5.41, 5.74) is 5.32. The van der Waals surface area contributed by atoms with Crippen LogP contribution >= 0.6 is 0 Å². The molecule has 2 aromatic rings. The van der Waals surface area contributed by atoms with E-state index in [1.807, 2.05) is 0 Å². The van der Waals surface area contributed by atoms with Gasteiger partial charge in [0.2, 0.25) is 0 Å². The molecular formula is C13H14N4O3. The van der Waals surface area contributed by atoms with E-state index in [1.54, 1.807) is 48.3 Å². The summed E-state index contributed by atoms with van der Waals surface area (Å²) in [6.45, 7) is -0.284. The van der Waals surface area contributed by atoms with Gasteiger partial charge >= 0.3 is 0 Å². The number of nitrogens with zero attached hydrogens (tertiary/aromatic N) is 2. The second kappa shape index (κ2) is 5.87. The van der Waals surface area contributed by atoms with Crippen LogP contribution in [-0.4, -0.2) is 28.2 Å². The molecule has 2 amide bonds. The molecule has 1 heterocycles. The molecule has 1 aromatic heterocycles. The van der Waals surface area contributed by atoms with Gasteiger partial charge in [0.05, 0.1) is 5.56 Å². The van der Waals surface area contributed by atoms with Gasteiger partial charge in [0.1, 0.15) is 5.75 Å². The molecule has 0 radical (unpaired) electrons. The van der Waals surface area contributed by atoms with E-state index in [0.717, 1.165) is 0 Å². The molecule has 1 aromatic carbocycles. The highest BCUT2D eigenvalue weighted by molar-refractivity contribution is 6.05. The number of nitrogens with two attached hydrogens (primary N) is 1. The van der Waals surface area contributed by atoms with Crippen molar-refractivity contribution in [3.63, 3.8) is 0 Å². The number of anilines is 1. The molecule has 0 atom stereocenters. The smallest absolute Gasteiger partial charge is 0.260 e. The first-order valence-electron chi connectivity index (χ1n) is 5.87. The van der Waals surface area contributed by atoms with E-state index in [0.29, 0.717) is 17.1 Å². The van der Waals surface area contributed by atoms with E-state index in [2.05, 4.69) is 10.4 Å². The molecule has 0 fully saturated rings. The SMILES string of the molecule is Cn1ccc(NC(=O)c2ccccc2OCC(N)=O)n1. The lowest BCUT2D eigenvalue weighted by molar-refractivity contribution is -0.119. The Morgan fingerprint density at radius 2 is 2.10 bits per heavy atom. The van der Waals surface area contributed by atoms with Crippen molar-refractivity contribution in [1.82, 2.24) is 9.78 Å². The zero-order chi connectivity index (χ0) is 14.5. The molecule has 0 bridgehead atoms. The first-order chi connectivity index (χ1) is 9.56. The van der Waals surface area contributed by atoms with Crippen molar-refractivity contribution in [3.8, 4) is 5.75 Å². The Bertz CT molecular complexity index is 636. The maximum absolute atomic E-state index is 12.1. The molecule has 0 aliphatic carbocycles. The molecule has 0 aliphatic rings. The first-order valence-corrected chi connectivity index (χ1v) is 5.87. The Morgan fingerprint density at radius 1 is 1.35 bits per heavy atom. The van der Waals surface area contributed by atoms with Crippen LogP contribution in [0.2, 0.25) is 0 Å². The number of para-hydroxylation sites is 1. The largest absolute Gasteiger partial charge is 0.483 e. The Morgan fingerprint density at radius 3 is 2.75 bits per heavy atom. The first kappa shape index (κ1) is 13.6. The van der Waals surface area contributed by atoms with Crippen LogP contribution in [0.5, 0.6) is 5.75 Å². The average molecular weight is 274 g/mol. The highest BCUT2D eigenvalue weighted by atomic mass is 16.5. The third kappa shape index (κ3) is 3.35. The van der Waals surface area contributed by atoms with Crippen molar-refractivity contribution >= 4 is 17.6 Å². The predicted octanol–water partition coefficient (Wildman–Crippen LogP) is 0.536. The van der Waals surface area contributed by atoms with E-state index >= 15 is 0 Å². The number of benzene rings is 1. The van der Waals surface area contributed by atoms with Crippen LogP contribution in [0.25, 0.3) is 0 Å². The zero-order valence-corrected chi connectivity index (χ0v) is 10.9. The number of hydrogen-bond donors (Lipinski definition) is 2. The number of ether oxygens (including phenoxy) is 1. The predicted molar refractivity (Wildman–Crippen MR) is 72.3 cm³/mol. The van der Waals surface area contributed by atoms with E-state index in [4.69, 9.17) is 10.5 Å². The number of aromatic nitrogens is 2. The average Bonchev–Trinajstić information content (AvgIpc) is 2.82. The summed E-state index contributed by atoms with van der Waals surface area (Å²) in [5, 5.41) is 6.69. The number of carbonyl (C=O) groups excluding carboxylic acids is 2. The molecular weight excluding hydrogens is 260 g/mol. The lowest BCUT2D eigenvalue weighted by Gasteiger charge is -2.09. The summed E-state index contributed by atoms with van der Waals surface area (Å²) >= 11 is 0. The third-order valence-corrected chi connectivity index (χ3v) is 2.46. The Labute approximate surface area is 115 Å². The van der Waals surface area contributed by atoms with Gasteiger partial charge < -0.3 is 15.8 Å². The van der Waals surface area contributed by atoms with Crippen LogP contribution in [0.1, 0.15) is 10.4 Å². The molecule has 104 valence electrons. The molecule has 0 unspecified atom stereocenters. The zero-order valence-electron chi connectivity index (χ0n) is 10.9. The number of nitrogens with one attached hydrogen (secondary N) is 1. The molecule has 2 rings (SSSR count). The number of primary amides is 1. The number of carbonyl (C=O) groups is 2. The van der Waals surface area contributed by atoms with E-state index in [9.17, 15) is 9.59 Å². The van der Waals surface area contributed by atoms with Gasteiger partial charge in [0, 0.05) is 19.3 Å². The minimum atomic E-state index is -0.607. The second-order valence-electron chi connectivity index (χ2n) is 4.08. The molecule has 7 heteroatoms. The standard InChI is InChI=1S/C13H14N4O3/c1-17-7-6-12(16-17)15-13(19)9-4-2-3-5-10(9)20-8-11(14)18/h2-7H,8H2,1H3,(H2,14,18)(H,15,16,19). The Hall–Kier alpha value is -2.83. The lowest BCUT2D eigenvalue weighted by atomic mass is 10.2. The van der Waals surface area contributed by atoms with Gasteiger partial charge in [-0.25, -0.2) is 0 Å². The van der Waals surface area contributed by atoms with Gasteiger partial charge in [-0.3, -0.25) is 14.3 Å². The maximum Gasteiger partial charge on any atom is 0.260 e. The quantitative estimate of drug-likeness (QED) is 0.831. The van der Waals surface area contributed by atoms with Crippen molar-refractivity contribution in [3.05, 3.63) is 42.1 Å². The van der Waals surface area contributed by atoms with Gasteiger partial charge in [-0.15, -0.1) is 0 Å². The number of hydrogen-bond acceptors (Lipinski definition) is 4. The normalized spacial score (nSPS) is 10.1. The molecule has 20 heavy (non-hydrogen) atoms. The minimum absolute atomic E-state index is 0.284. The van der Waals surface area contributed by atoms with E-state index < -0.39 is 5.91 Å². The lowest BCUT2D eigenvalue weighted by Crippen LogP contribution is -2.21. The van der Waals surface area contributed by atoms with Crippen LogP contribution in [0.4, 0.5) is 5.82 Å². The van der Waals surface area contributed by atoms with Crippen molar-refractivity contribution < 1.29 is 14.3 Å². The Balaban J connectivity index is 2.14. The Kier molecular flexibility index (Phi) is 3.99. The van der Waals surface area contributed by atoms with Gasteiger partial charge in [-0.1, -0.05) is 12.1 Å². The highest BCUT2D eigenvalue weighted by Crippen LogP contribution is 2.19. The van der Waals surface area contributed by atoms with Crippen molar-refractivity contribution in [1.29, 1.82) is 0 Å². The number of amides is 2. The fourth-order valence-corrected chi connectivity index (χ4v) is 1.59. The van der Waals surface area contributed by atoms with Crippen molar-refractivity contribution in [2.45, 2.75) is 0 Å². The molecule has 0 saturated carbocycles. The van der Waals surface area contributed by atoms with E-state index in [1.165, 1.54) is 0 Å². The summed E-state index contributed by atoms with van der Waals surface area (Å²) in [7, 11) is 1.75. The molecule has 0 aliphatic heterocycles. The molecule has 3 N–H and O–H groups in total. The molecule has 0 spiro atoms. The minimum Gasteiger partial charge on any atom is -0.483 e. The van der Waals surface area contributed by atoms with Gasteiger partial charge in [-0.2, -0.15) is 5.10 Å². The van der Waals surface area contributed by atoms with Crippen molar-refractivity contribution in [2.75, 3.05) is 11.9 Å². The monoisotopic (exact) mass is 274 g/mol. The van der Waals surface area contributed by atoms with Crippen LogP contribution in [0.15, 0.2) is 36.5 Å². The highest BCUT2D eigenvalue weighted by Gasteiger charge is 2.13. The summed E-state index contributed by atoms with van der Waals surface area (Å²) in [4.78, 5) is 22.9. The number of rotatable bonds is 5. The fourth-order valence-electron chi connectivity index (χ4n) is 1.59. The van der Waals surface area contributed by atoms with Crippen LogP contribution in [-0.2, 0) is 11.8 Å². The second-order valence-corrected chi connectivity index (χ2v) is 4.08. The topological polar surface area (TPSA) is 99.2 Å². The van der Waals surface area contributed by atoms with Gasteiger partial charge in [0.25, 0.3) is 11.8 Å². The third-order valence-electron chi connectivity index (χ3n) is 2.46. The molecule has 0 saturated heterocycles. The summed E-state index contributed by atoms with van der Waals surface area (Å²) in [5.74, 6) is -0.254. The maximum atomic E-state index is 12.1. The van der Waals surface area contributed by atoms with Gasteiger partial charge in [-0.05, 0) is 12.1 Å². The summed E-state index contributed by atoms with van der Waals surface area (Å²) in [6, 6.07) is 8.26. The fraction of sp³-hybridized carbons (Fsp3) is 0.154.